The Hall–Kier alpha value is -5.45. The van der Waals surface area contributed by atoms with Crippen LogP contribution in [0, 0.1) is 11.7 Å². The Morgan fingerprint density at radius 3 is 2.31 bits per heavy atom. The van der Waals surface area contributed by atoms with Gasteiger partial charge in [-0.15, -0.1) is 0 Å². The molecule has 272 valence electrons. The zero-order chi connectivity index (χ0) is 37.8. The van der Waals surface area contributed by atoms with Gasteiger partial charge in [-0.1, -0.05) is 24.3 Å². The Balaban J connectivity index is 0.000000755. The van der Waals surface area contributed by atoms with E-state index in [4.69, 9.17) is 20.4 Å². The summed E-state index contributed by atoms with van der Waals surface area (Å²) in [7, 11) is -2.51. The highest BCUT2D eigenvalue weighted by Crippen LogP contribution is 2.43. The molecule has 1 saturated heterocycles. The number of alkyl halides is 3. The maximum Gasteiger partial charge on any atom is 0.490 e. The molecule has 1 aliphatic rings. The third-order valence-electron chi connectivity index (χ3n) is 8.27. The molecule has 0 bridgehead atoms. The molecule has 0 aliphatic carbocycles. The van der Waals surface area contributed by atoms with Gasteiger partial charge in [-0.25, -0.2) is 22.6 Å². The zero-order valence-electron chi connectivity index (χ0n) is 27.4. The predicted molar refractivity (Wildman–Crippen MR) is 178 cm³/mol. The summed E-state index contributed by atoms with van der Waals surface area (Å²) in [4.78, 5) is 41.4. The van der Waals surface area contributed by atoms with Gasteiger partial charge in [0.1, 0.15) is 11.9 Å². The summed E-state index contributed by atoms with van der Waals surface area (Å²) in [6.45, 7) is 3.16. The van der Waals surface area contributed by atoms with Gasteiger partial charge in [0.05, 0.1) is 29.2 Å². The van der Waals surface area contributed by atoms with Crippen LogP contribution < -0.4 is 15.8 Å². The lowest BCUT2D eigenvalue weighted by Gasteiger charge is -2.32. The van der Waals surface area contributed by atoms with Crippen LogP contribution in [0.5, 0.6) is 5.75 Å². The molecule has 0 radical (unpaired) electrons. The number of hydrogen-bond donors (Lipinski definition) is 4. The molecule has 5 rings (SSSR count). The number of fused-ring (bicyclic) bond motifs is 1. The molecule has 0 spiro atoms. The van der Waals surface area contributed by atoms with Gasteiger partial charge in [0.15, 0.2) is 21.4 Å². The molecule has 51 heavy (non-hydrogen) atoms. The number of carbonyl (C=O) groups is 3. The van der Waals surface area contributed by atoms with E-state index in [-0.39, 0.29) is 29.2 Å². The molecule has 1 amide bonds. The number of hydrogen-bond acceptors (Lipinski definition) is 9. The van der Waals surface area contributed by atoms with Crippen LogP contribution in [0.15, 0.2) is 77.8 Å². The first-order valence-corrected chi connectivity index (χ1v) is 16.8. The molecule has 3 atom stereocenters. The average Bonchev–Trinajstić information content (AvgIpc) is 3.53. The summed E-state index contributed by atoms with van der Waals surface area (Å²) in [6.07, 6.45) is -3.40. The number of aromatic nitrogens is 1. The largest absolute Gasteiger partial charge is 0.494 e. The molecule has 1 fully saturated rings. The Bertz CT molecular complexity index is 2060. The maximum atomic E-state index is 14.6. The van der Waals surface area contributed by atoms with E-state index in [0.717, 1.165) is 10.8 Å². The molecular weight excluding hydrogens is 700 g/mol. The van der Waals surface area contributed by atoms with Crippen LogP contribution >= 0.6 is 0 Å². The molecule has 2 heterocycles. The number of anilines is 2. The van der Waals surface area contributed by atoms with Gasteiger partial charge in [-0.2, -0.15) is 13.2 Å². The second-order valence-electron chi connectivity index (χ2n) is 11.7. The number of amides is 1. The van der Waals surface area contributed by atoms with Crippen LogP contribution in [-0.2, 0) is 24.2 Å². The van der Waals surface area contributed by atoms with Crippen molar-refractivity contribution in [1.82, 2.24) is 9.88 Å². The normalized spacial score (nSPS) is 16.7. The van der Waals surface area contributed by atoms with Crippen molar-refractivity contribution in [1.29, 1.82) is 0 Å². The van der Waals surface area contributed by atoms with Gasteiger partial charge >= 0.3 is 18.1 Å². The number of halogens is 4. The number of rotatable bonds is 9. The fourth-order valence-electron chi connectivity index (χ4n) is 5.69. The van der Waals surface area contributed by atoms with Gasteiger partial charge in [-0.3, -0.25) is 9.59 Å². The number of nitrogens with one attached hydrogen (secondary N) is 1. The summed E-state index contributed by atoms with van der Waals surface area (Å²) in [5.74, 6) is -5.81. The van der Waals surface area contributed by atoms with Gasteiger partial charge in [0.2, 0.25) is 5.91 Å². The second-order valence-corrected chi connectivity index (χ2v) is 14.2. The van der Waals surface area contributed by atoms with Crippen LogP contribution in [-0.4, -0.2) is 71.4 Å². The van der Waals surface area contributed by atoms with E-state index in [9.17, 15) is 40.7 Å². The van der Waals surface area contributed by atoms with Crippen LogP contribution in [0.4, 0.5) is 29.1 Å². The summed E-state index contributed by atoms with van der Waals surface area (Å²) < 4.78 is 78.1. The molecule has 17 heteroatoms. The molecule has 12 nitrogen and oxygen atoms in total. The third-order valence-corrected chi connectivity index (χ3v) is 10.5. The number of nitrogens with two attached hydrogens (primary N) is 1. The second kappa shape index (κ2) is 15.2. The smallest absolute Gasteiger partial charge is 0.490 e. The van der Waals surface area contributed by atoms with Crippen molar-refractivity contribution in [3.63, 3.8) is 0 Å². The minimum absolute atomic E-state index is 0.0142. The molecule has 5 N–H and O–H groups in total. The Kier molecular flexibility index (Phi) is 11.4. The van der Waals surface area contributed by atoms with E-state index in [1.165, 1.54) is 36.3 Å². The minimum Gasteiger partial charge on any atom is -0.494 e. The first-order chi connectivity index (χ1) is 23.9. The Morgan fingerprint density at radius 2 is 1.71 bits per heavy atom. The standard InChI is InChI=1S/C32H33FN4O6S.C2HF3O2/c1-18(2)44(41,42)27-7-5-4-6-23(27)29-24(32(39)40)13-15-37(29)31(38)28(20-8-11-25(33)26(17-20)43-3)36-21-9-10-22-19(16-21)12-14-35-30(22)34;3-2(4,5)1(6)7/h4-12,14,16-18,24,28-29,36H,13,15H2,1-3H3,(H2,34,35)(H,39,40);(H,6,7). The highest BCUT2D eigenvalue weighted by Gasteiger charge is 2.46. The SMILES string of the molecule is COc1cc(C(Nc2ccc3c(N)nccc3c2)C(=O)N2CCC(C(=O)O)C2c2ccccc2S(=O)(=O)C(C)C)ccc1F.O=C(O)C(F)(F)F. The van der Waals surface area contributed by atoms with Crippen molar-refractivity contribution in [2.45, 2.75) is 48.7 Å². The highest BCUT2D eigenvalue weighted by atomic mass is 32.2. The molecular formula is C34H34F4N4O8S. The van der Waals surface area contributed by atoms with E-state index in [1.807, 2.05) is 0 Å². The lowest BCUT2D eigenvalue weighted by molar-refractivity contribution is -0.192. The van der Waals surface area contributed by atoms with Crippen molar-refractivity contribution >= 4 is 50.0 Å². The minimum atomic E-state index is -5.08. The molecule has 1 aliphatic heterocycles. The molecule has 0 saturated carbocycles. The lowest BCUT2D eigenvalue weighted by atomic mass is 9.93. The van der Waals surface area contributed by atoms with Crippen molar-refractivity contribution in [2.24, 2.45) is 5.92 Å². The van der Waals surface area contributed by atoms with Crippen LogP contribution in [0.3, 0.4) is 0 Å². The number of carbonyl (C=O) groups excluding carboxylic acids is 1. The monoisotopic (exact) mass is 734 g/mol. The average molecular weight is 735 g/mol. The number of ether oxygens (including phenoxy) is 1. The first-order valence-electron chi connectivity index (χ1n) is 15.3. The summed E-state index contributed by atoms with van der Waals surface area (Å²) in [5, 5.41) is 21.3. The zero-order valence-corrected chi connectivity index (χ0v) is 28.2. The number of benzene rings is 3. The molecule has 1 aromatic heterocycles. The fourth-order valence-corrected chi connectivity index (χ4v) is 6.98. The maximum absolute atomic E-state index is 14.6. The van der Waals surface area contributed by atoms with Gasteiger partial charge in [0.25, 0.3) is 0 Å². The number of methoxy groups -OCH3 is 1. The predicted octanol–water partition coefficient (Wildman–Crippen LogP) is 5.61. The van der Waals surface area contributed by atoms with Gasteiger partial charge in [0, 0.05) is 23.8 Å². The van der Waals surface area contributed by atoms with E-state index in [1.54, 1.807) is 62.5 Å². The van der Waals surface area contributed by atoms with Crippen molar-refractivity contribution < 1.29 is 55.3 Å². The number of pyridine rings is 1. The number of nitrogen functional groups attached to an aromatic ring is 1. The van der Waals surface area contributed by atoms with E-state index < -0.39 is 62.9 Å². The first kappa shape index (κ1) is 38.4. The number of aliphatic carboxylic acids is 2. The third kappa shape index (κ3) is 8.30. The number of nitrogens with zero attached hydrogens (tertiary/aromatic N) is 2. The highest BCUT2D eigenvalue weighted by molar-refractivity contribution is 7.92. The number of carboxylic acids is 2. The van der Waals surface area contributed by atoms with Crippen LogP contribution in [0.2, 0.25) is 0 Å². The van der Waals surface area contributed by atoms with Crippen LogP contribution in [0.1, 0.15) is 43.5 Å². The van der Waals surface area contributed by atoms with Gasteiger partial charge < -0.3 is 30.9 Å². The summed E-state index contributed by atoms with van der Waals surface area (Å²) >= 11 is 0. The number of likely N-dealkylation sites (tertiary alicyclic amines) is 1. The van der Waals surface area contributed by atoms with Crippen molar-refractivity contribution in [3.05, 3.63) is 89.9 Å². The Labute approximate surface area is 289 Å². The van der Waals surface area contributed by atoms with E-state index >= 15 is 0 Å². The lowest BCUT2D eigenvalue weighted by Crippen LogP contribution is -2.40. The summed E-state index contributed by atoms with van der Waals surface area (Å²) in [6, 6.07) is 15.1. The van der Waals surface area contributed by atoms with Crippen LogP contribution in [0.25, 0.3) is 10.8 Å². The van der Waals surface area contributed by atoms with Crippen molar-refractivity contribution in [3.8, 4) is 5.75 Å². The number of sulfone groups is 1. The van der Waals surface area contributed by atoms with E-state index in [2.05, 4.69) is 10.3 Å². The van der Waals surface area contributed by atoms with Crippen molar-refractivity contribution in [2.75, 3.05) is 24.7 Å². The summed E-state index contributed by atoms with van der Waals surface area (Å²) in [5.41, 5.74) is 7.16. The molecule has 4 aromatic rings. The molecule has 3 aromatic carbocycles. The van der Waals surface area contributed by atoms with E-state index in [0.29, 0.717) is 17.1 Å². The topological polar surface area (TPSA) is 189 Å². The number of carboxylic acid groups (broad SMARTS) is 2. The Morgan fingerprint density at radius 1 is 1.04 bits per heavy atom. The fraction of sp³-hybridized carbons (Fsp3) is 0.294. The quantitative estimate of drug-likeness (QED) is 0.157. The van der Waals surface area contributed by atoms with Gasteiger partial charge in [-0.05, 0) is 79.2 Å². The molecule has 3 unspecified atom stereocenters.